The molecule has 2 aromatic heterocycles. The lowest BCUT2D eigenvalue weighted by Crippen LogP contribution is -2.29. The number of benzene rings is 2. The molecular formula is C31H31ClN2O7S. The van der Waals surface area contributed by atoms with Crippen LogP contribution in [0.2, 0.25) is 5.02 Å². The molecule has 0 aliphatic carbocycles. The van der Waals surface area contributed by atoms with Crippen LogP contribution in [0.5, 0.6) is 11.5 Å². The van der Waals surface area contributed by atoms with Crippen molar-refractivity contribution in [2.75, 3.05) is 25.2 Å². The van der Waals surface area contributed by atoms with Gasteiger partial charge in [-0.1, -0.05) is 55.2 Å². The Hall–Kier alpha value is -3.89. The third-order valence-electron chi connectivity index (χ3n) is 7.04. The summed E-state index contributed by atoms with van der Waals surface area (Å²) >= 11 is 7.23. The predicted octanol–water partition coefficient (Wildman–Crippen LogP) is 7.11. The Morgan fingerprint density at radius 3 is 2.64 bits per heavy atom. The van der Waals surface area contributed by atoms with Gasteiger partial charge < -0.3 is 18.6 Å². The number of fused-ring (bicyclic) bond motifs is 2. The average molecular weight is 611 g/mol. The fourth-order valence-corrected chi connectivity index (χ4v) is 6.17. The maximum absolute atomic E-state index is 14.0. The summed E-state index contributed by atoms with van der Waals surface area (Å²) in [6.07, 6.45) is 4.26. The van der Waals surface area contributed by atoms with Gasteiger partial charge in [-0.05, 0) is 56.2 Å². The molecule has 1 atom stereocenters. The number of hydrogen-bond acceptors (Lipinski definition) is 9. The number of aryl methyl sites for hydroxylation is 1. The molecule has 0 N–H and O–H groups in total. The Balaban J connectivity index is 1.64. The molecule has 2 aromatic carbocycles. The maximum Gasteiger partial charge on any atom is 0.350 e. The molecule has 0 radical (unpaired) electrons. The third kappa shape index (κ3) is 5.48. The zero-order valence-electron chi connectivity index (χ0n) is 23.8. The van der Waals surface area contributed by atoms with E-state index in [2.05, 4.69) is 11.9 Å². The first-order valence-corrected chi connectivity index (χ1v) is 15.0. The Bertz CT molecular complexity index is 1710. The van der Waals surface area contributed by atoms with Crippen LogP contribution in [0.1, 0.15) is 82.6 Å². The number of nitrogens with zero attached hydrogens (tertiary/aromatic N) is 2. The smallest absolute Gasteiger partial charge is 0.350 e. The molecule has 4 aromatic rings. The van der Waals surface area contributed by atoms with Crippen molar-refractivity contribution in [3.8, 4) is 11.5 Å². The van der Waals surface area contributed by atoms with Crippen molar-refractivity contribution in [1.29, 1.82) is 0 Å². The molecule has 3 heterocycles. The number of anilines is 1. The summed E-state index contributed by atoms with van der Waals surface area (Å²) in [5.74, 6) is -0.166. The number of rotatable bonds is 11. The van der Waals surface area contributed by atoms with Crippen LogP contribution in [0.15, 0.2) is 45.6 Å². The van der Waals surface area contributed by atoms with Gasteiger partial charge in [0.25, 0.3) is 5.91 Å². The zero-order valence-corrected chi connectivity index (χ0v) is 25.4. The first-order chi connectivity index (χ1) is 20.3. The number of amides is 1. The predicted molar refractivity (Wildman–Crippen MR) is 162 cm³/mol. The van der Waals surface area contributed by atoms with Crippen molar-refractivity contribution in [1.82, 2.24) is 4.98 Å². The summed E-state index contributed by atoms with van der Waals surface area (Å²) < 4.78 is 22.9. The summed E-state index contributed by atoms with van der Waals surface area (Å²) in [6, 6.07) is 9.07. The number of unbranched alkanes of at least 4 members (excludes halogenated alkanes) is 3. The van der Waals surface area contributed by atoms with Crippen LogP contribution in [0.3, 0.4) is 0 Å². The van der Waals surface area contributed by atoms with Crippen molar-refractivity contribution in [2.24, 2.45) is 0 Å². The van der Waals surface area contributed by atoms with Crippen LogP contribution < -0.4 is 19.8 Å². The average Bonchev–Trinajstić information content (AvgIpc) is 3.50. The Morgan fingerprint density at radius 2 is 1.90 bits per heavy atom. The second kappa shape index (κ2) is 12.5. The maximum atomic E-state index is 14.0. The van der Waals surface area contributed by atoms with Crippen LogP contribution in [0, 0.1) is 6.92 Å². The number of thiazole rings is 1. The lowest BCUT2D eigenvalue weighted by molar-refractivity contribution is 0.0531. The molecule has 220 valence electrons. The summed E-state index contributed by atoms with van der Waals surface area (Å²) in [6.45, 7) is 6.28. The molecule has 0 saturated heterocycles. The minimum Gasteiger partial charge on any atom is -0.493 e. The number of halogens is 1. The Labute approximate surface area is 252 Å². The quantitative estimate of drug-likeness (QED) is 0.131. The minimum absolute atomic E-state index is 0.0967. The molecule has 1 amide bonds. The van der Waals surface area contributed by atoms with E-state index in [1.165, 1.54) is 18.1 Å². The second-order valence-electron chi connectivity index (χ2n) is 9.84. The minimum atomic E-state index is -0.916. The van der Waals surface area contributed by atoms with Gasteiger partial charge in [-0.3, -0.25) is 14.5 Å². The largest absolute Gasteiger partial charge is 0.493 e. The lowest BCUT2D eigenvalue weighted by atomic mass is 9.98. The van der Waals surface area contributed by atoms with Gasteiger partial charge in [0.15, 0.2) is 22.1 Å². The molecule has 0 saturated carbocycles. The summed E-state index contributed by atoms with van der Waals surface area (Å²) in [5, 5.41) is 0.848. The van der Waals surface area contributed by atoms with Crippen molar-refractivity contribution in [3.05, 3.63) is 79.1 Å². The molecule has 5 rings (SSSR count). The van der Waals surface area contributed by atoms with Gasteiger partial charge in [0.2, 0.25) is 5.76 Å². The van der Waals surface area contributed by atoms with Gasteiger partial charge in [-0.25, -0.2) is 9.78 Å². The van der Waals surface area contributed by atoms with Crippen molar-refractivity contribution >= 4 is 50.9 Å². The standard InChI is InChI=1S/C31H31ClN2O7S/c1-5-7-8-9-14-40-22-12-10-18(15-23(22)38-4)25-24-26(35)20-16-19(32)11-13-21(20)41-27(24)29(36)34(25)31-33-17(3)28(42-31)30(37)39-6-2/h10-13,15-16,25H,5-9,14H2,1-4H3. The molecular weight excluding hydrogens is 580 g/mol. The molecule has 0 spiro atoms. The number of hydrogen-bond donors (Lipinski definition) is 0. The van der Waals surface area contributed by atoms with Crippen LogP contribution in [-0.4, -0.2) is 37.2 Å². The van der Waals surface area contributed by atoms with E-state index in [1.54, 1.807) is 44.2 Å². The summed E-state index contributed by atoms with van der Waals surface area (Å²) in [7, 11) is 1.54. The monoisotopic (exact) mass is 610 g/mol. The normalized spacial score (nSPS) is 14.4. The van der Waals surface area contributed by atoms with E-state index in [-0.39, 0.29) is 44.3 Å². The Kier molecular flexibility index (Phi) is 8.84. The molecule has 0 fully saturated rings. The van der Waals surface area contributed by atoms with Crippen molar-refractivity contribution in [2.45, 2.75) is 52.5 Å². The summed E-state index contributed by atoms with van der Waals surface area (Å²) in [5.41, 5.74) is 0.997. The van der Waals surface area contributed by atoms with Gasteiger partial charge in [0, 0.05) is 5.02 Å². The van der Waals surface area contributed by atoms with Crippen LogP contribution >= 0.6 is 22.9 Å². The van der Waals surface area contributed by atoms with Gasteiger partial charge >= 0.3 is 5.97 Å². The van der Waals surface area contributed by atoms with Gasteiger partial charge in [-0.2, -0.15) is 0 Å². The second-order valence-corrected chi connectivity index (χ2v) is 11.3. The van der Waals surface area contributed by atoms with E-state index in [0.717, 1.165) is 37.0 Å². The SMILES string of the molecule is CCCCCCOc1ccc(C2c3c(oc4ccc(Cl)cc4c3=O)C(=O)N2c2nc(C)c(C(=O)OCC)s2)cc1OC. The Morgan fingerprint density at radius 1 is 1.10 bits per heavy atom. The van der Waals surface area contributed by atoms with Gasteiger partial charge in [-0.15, -0.1) is 0 Å². The highest BCUT2D eigenvalue weighted by Crippen LogP contribution is 2.45. The molecule has 1 unspecified atom stereocenters. The first kappa shape index (κ1) is 29.6. The van der Waals surface area contributed by atoms with Gasteiger partial charge in [0.05, 0.1) is 43.0 Å². The highest BCUT2D eigenvalue weighted by atomic mass is 35.5. The molecule has 42 heavy (non-hydrogen) atoms. The lowest BCUT2D eigenvalue weighted by Gasteiger charge is -2.23. The first-order valence-electron chi connectivity index (χ1n) is 13.8. The highest BCUT2D eigenvalue weighted by molar-refractivity contribution is 7.17. The molecule has 11 heteroatoms. The van der Waals surface area contributed by atoms with E-state index < -0.39 is 17.9 Å². The van der Waals surface area contributed by atoms with Crippen molar-refractivity contribution in [3.63, 3.8) is 0 Å². The topological polar surface area (TPSA) is 108 Å². The molecule has 1 aliphatic rings. The van der Waals surface area contributed by atoms with Crippen molar-refractivity contribution < 1.29 is 28.2 Å². The number of aromatic nitrogens is 1. The number of carbonyl (C=O) groups excluding carboxylic acids is 2. The number of ether oxygens (including phenoxy) is 3. The third-order valence-corrected chi connectivity index (χ3v) is 8.42. The van der Waals surface area contributed by atoms with E-state index in [4.69, 9.17) is 30.2 Å². The highest BCUT2D eigenvalue weighted by Gasteiger charge is 2.45. The van der Waals surface area contributed by atoms with Crippen LogP contribution in [0.25, 0.3) is 11.0 Å². The summed E-state index contributed by atoms with van der Waals surface area (Å²) in [4.78, 5) is 46.7. The number of carbonyl (C=O) groups is 2. The van der Waals surface area contributed by atoms with Gasteiger partial charge in [0.1, 0.15) is 10.5 Å². The van der Waals surface area contributed by atoms with E-state index >= 15 is 0 Å². The fourth-order valence-electron chi connectivity index (χ4n) is 5.01. The fraction of sp³-hybridized carbons (Fsp3) is 0.355. The van der Waals surface area contributed by atoms with Crippen LogP contribution in [0.4, 0.5) is 5.13 Å². The molecule has 1 aliphatic heterocycles. The van der Waals surface area contributed by atoms with E-state index in [9.17, 15) is 14.4 Å². The number of methoxy groups -OCH3 is 1. The molecule has 0 bridgehead atoms. The number of esters is 1. The van der Waals surface area contributed by atoms with E-state index in [1.807, 2.05) is 0 Å². The van der Waals surface area contributed by atoms with E-state index in [0.29, 0.717) is 34.4 Å². The zero-order chi connectivity index (χ0) is 30.0. The van der Waals surface area contributed by atoms with Crippen LogP contribution in [-0.2, 0) is 4.74 Å². The molecule has 9 nitrogen and oxygen atoms in total.